The lowest BCUT2D eigenvalue weighted by Gasteiger charge is -2.21. The molecule has 6 nitrogen and oxygen atoms in total. The third kappa shape index (κ3) is 4.52. The van der Waals surface area contributed by atoms with Crippen LogP contribution in [0.5, 0.6) is 0 Å². The number of urea groups is 1. The molecule has 0 saturated heterocycles. The average Bonchev–Trinajstić information content (AvgIpc) is 3.02. The number of carbonyl (C=O) groups excluding carboxylic acids is 1. The predicted octanol–water partition coefficient (Wildman–Crippen LogP) is 2.28. The van der Waals surface area contributed by atoms with Crippen LogP contribution < -0.4 is 5.32 Å². The molecule has 0 aliphatic rings. The standard InChI is InChI=1S/C15H19N3O3S/c1-18(9-13(19)10-21-2)15(20)17-12-5-3-4-11(8-12)14-16-6-7-22-14/h3-8,13,19H,9-10H2,1-2H3,(H,17,20). The van der Waals surface area contributed by atoms with E-state index in [0.717, 1.165) is 10.6 Å². The maximum Gasteiger partial charge on any atom is 0.321 e. The minimum absolute atomic E-state index is 0.192. The van der Waals surface area contributed by atoms with Gasteiger partial charge in [-0.3, -0.25) is 0 Å². The molecule has 118 valence electrons. The van der Waals surface area contributed by atoms with Crippen molar-refractivity contribution in [2.75, 3.05) is 32.6 Å². The third-order valence-corrected chi connectivity index (χ3v) is 3.81. The Morgan fingerprint density at radius 1 is 1.55 bits per heavy atom. The topological polar surface area (TPSA) is 74.7 Å². The van der Waals surface area contributed by atoms with E-state index in [2.05, 4.69) is 10.3 Å². The lowest BCUT2D eigenvalue weighted by Crippen LogP contribution is -2.38. The molecule has 7 heteroatoms. The fourth-order valence-corrected chi connectivity index (χ4v) is 2.59. The van der Waals surface area contributed by atoms with E-state index in [1.807, 2.05) is 29.6 Å². The van der Waals surface area contributed by atoms with Gasteiger partial charge in [-0.15, -0.1) is 11.3 Å². The van der Waals surface area contributed by atoms with Crippen molar-refractivity contribution in [2.24, 2.45) is 0 Å². The Hall–Kier alpha value is -1.96. The summed E-state index contributed by atoms with van der Waals surface area (Å²) in [6.07, 6.45) is 1.04. The quantitative estimate of drug-likeness (QED) is 0.856. The monoisotopic (exact) mass is 321 g/mol. The number of thiazole rings is 1. The summed E-state index contributed by atoms with van der Waals surface area (Å²) in [6.45, 7) is 0.392. The van der Waals surface area contributed by atoms with Gasteiger partial charge in [0.15, 0.2) is 0 Å². The lowest BCUT2D eigenvalue weighted by molar-refractivity contribution is 0.0501. The van der Waals surface area contributed by atoms with Crippen LogP contribution in [0.25, 0.3) is 10.6 Å². The van der Waals surface area contributed by atoms with Crippen LogP contribution in [0.4, 0.5) is 10.5 Å². The molecule has 0 aliphatic carbocycles. The van der Waals surface area contributed by atoms with Gasteiger partial charge in [0.05, 0.1) is 19.3 Å². The number of likely N-dealkylation sites (N-methyl/N-ethyl adjacent to an activating group) is 1. The zero-order valence-corrected chi connectivity index (χ0v) is 13.3. The number of nitrogens with zero attached hydrogens (tertiary/aromatic N) is 2. The second-order valence-corrected chi connectivity index (χ2v) is 5.73. The maximum absolute atomic E-state index is 12.1. The minimum atomic E-state index is -0.706. The van der Waals surface area contributed by atoms with Gasteiger partial charge < -0.3 is 20.1 Å². The maximum atomic E-state index is 12.1. The highest BCUT2D eigenvalue weighted by Crippen LogP contribution is 2.24. The molecular weight excluding hydrogens is 302 g/mol. The van der Waals surface area contributed by atoms with E-state index in [4.69, 9.17) is 4.74 Å². The first-order valence-corrected chi connectivity index (χ1v) is 7.67. The number of methoxy groups -OCH3 is 1. The predicted molar refractivity (Wildman–Crippen MR) is 87.1 cm³/mol. The van der Waals surface area contributed by atoms with Crippen molar-refractivity contribution in [3.8, 4) is 10.6 Å². The second kappa shape index (κ2) is 7.88. The van der Waals surface area contributed by atoms with Gasteiger partial charge in [0, 0.05) is 37.0 Å². The highest BCUT2D eigenvalue weighted by molar-refractivity contribution is 7.13. The molecule has 0 spiro atoms. The van der Waals surface area contributed by atoms with Gasteiger partial charge in [-0.25, -0.2) is 9.78 Å². The molecule has 0 bridgehead atoms. The van der Waals surface area contributed by atoms with Gasteiger partial charge >= 0.3 is 6.03 Å². The molecule has 1 heterocycles. The summed E-state index contributed by atoms with van der Waals surface area (Å²) in [6, 6.07) is 7.21. The van der Waals surface area contributed by atoms with Crippen LogP contribution >= 0.6 is 11.3 Å². The molecule has 1 aromatic heterocycles. The number of hydrogen-bond acceptors (Lipinski definition) is 5. The summed E-state index contributed by atoms with van der Waals surface area (Å²) in [5, 5.41) is 15.3. The summed E-state index contributed by atoms with van der Waals surface area (Å²) in [5.41, 5.74) is 1.64. The number of carbonyl (C=O) groups is 1. The molecule has 22 heavy (non-hydrogen) atoms. The zero-order valence-electron chi connectivity index (χ0n) is 12.5. The summed E-state index contributed by atoms with van der Waals surface area (Å²) >= 11 is 1.54. The molecule has 1 aromatic carbocycles. The number of aliphatic hydroxyl groups excluding tert-OH is 1. The Labute approximate surface area is 133 Å². The molecule has 1 unspecified atom stereocenters. The Morgan fingerprint density at radius 2 is 2.36 bits per heavy atom. The van der Waals surface area contributed by atoms with E-state index >= 15 is 0 Å². The fraction of sp³-hybridized carbons (Fsp3) is 0.333. The number of aliphatic hydroxyl groups is 1. The smallest absolute Gasteiger partial charge is 0.321 e. The van der Waals surface area contributed by atoms with Crippen molar-refractivity contribution in [3.05, 3.63) is 35.8 Å². The van der Waals surface area contributed by atoms with Gasteiger partial charge in [0.25, 0.3) is 0 Å². The van der Waals surface area contributed by atoms with Gasteiger partial charge in [-0.05, 0) is 12.1 Å². The first-order chi connectivity index (χ1) is 10.6. The van der Waals surface area contributed by atoms with E-state index in [-0.39, 0.29) is 19.2 Å². The van der Waals surface area contributed by atoms with Crippen LogP contribution in [0, 0.1) is 0 Å². The third-order valence-electron chi connectivity index (χ3n) is 2.98. The van der Waals surface area contributed by atoms with E-state index in [9.17, 15) is 9.90 Å². The number of rotatable bonds is 6. The summed E-state index contributed by atoms with van der Waals surface area (Å²) in [5.74, 6) is 0. The van der Waals surface area contributed by atoms with Gasteiger partial charge in [-0.2, -0.15) is 0 Å². The van der Waals surface area contributed by atoms with E-state index in [1.54, 1.807) is 24.6 Å². The van der Waals surface area contributed by atoms with Crippen LogP contribution in [-0.4, -0.2) is 54.4 Å². The molecule has 1 atom stereocenters. The largest absolute Gasteiger partial charge is 0.389 e. The molecular formula is C15H19N3O3S. The van der Waals surface area contributed by atoms with Gasteiger partial charge in [-0.1, -0.05) is 12.1 Å². The molecule has 0 radical (unpaired) electrons. The second-order valence-electron chi connectivity index (χ2n) is 4.84. The van der Waals surface area contributed by atoms with Crippen LogP contribution in [0.1, 0.15) is 0 Å². The van der Waals surface area contributed by atoms with Crippen molar-refractivity contribution in [2.45, 2.75) is 6.10 Å². The Kier molecular flexibility index (Phi) is 5.88. The first-order valence-electron chi connectivity index (χ1n) is 6.79. The highest BCUT2D eigenvalue weighted by Gasteiger charge is 2.14. The number of benzene rings is 1. The minimum Gasteiger partial charge on any atom is -0.389 e. The molecule has 2 rings (SSSR count). The van der Waals surface area contributed by atoms with Gasteiger partial charge in [0.2, 0.25) is 0 Å². The van der Waals surface area contributed by atoms with E-state index in [1.165, 1.54) is 12.0 Å². The van der Waals surface area contributed by atoms with Crippen molar-refractivity contribution < 1.29 is 14.6 Å². The average molecular weight is 321 g/mol. The molecule has 0 fully saturated rings. The number of anilines is 1. The molecule has 2 aromatic rings. The number of ether oxygens (including phenoxy) is 1. The Morgan fingerprint density at radius 3 is 3.05 bits per heavy atom. The molecule has 0 aliphatic heterocycles. The summed E-state index contributed by atoms with van der Waals surface area (Å²) in [4.78, 5) is 17.8. The first kappa shape index (κ1) is 16.4. The number of nitrogens with one attached hydrogen (secondary N) is 1. The van der Waals surface area contributed by atoms with Crippen molar-refractivity contribution in [1.29, 1.82) is 0 Å². The lowest BCUT2D eigenvalue weighted by atomic mass is 10.2. The summed E-state index contributed by atoms with van der Waals surface area (Å²) in [7, 11) is 3.13. The van der Waals surface area contributed by atoms with Gasteiger partial charge in [0.1, 0.15) is 5.01 Å². The fourth-order valence-electron chi connectivity index (χ4n) is 1.96. The number of aromatic nitrogens is 1. The van der Waals surface area contributed by atoms with E-state index < -0.39 is 6.10 Å². The normalized spacial score (nSPS) is 12.0. The molecule has 2 N–H and O–H groups in total. The summed E-state index contributed by atoms with van der Waals surface area (Å²) < 4.78 is 4.85. The Bertz CT molecular complexity index is 604. The molecule has 0 saturated carbocycles. The molecule has 2 amide bonds. The van der Waals surface area contributed by atoms with Crippen molar-refractivity contribution in [1.82, 2.24) is 9.88 Å². The number of hydrogen-bond donors (Lipinski definition) is 2. The van der Waals surface area contributed by atoms with Crippen LogP contribution in [0.15, 0.2) is 35.8 Å². The van der Waals surface area contributed by atoms with Crippen LogP contribution in [0.2, 0.25) is 0 Å². The van der Waals surface area contributed by atoms with Crippen molar-refractivity contribution in [3.63, 3.8) is 0 Å². The Balaban J connectivity index is 1.98. The SMILES string of the molecule is COCC(O)CN(C)C(=O)Nc1cccc(-c2nccs2)c1. The van der Waals surface area contributed by atoms with Crippen LogP contribution in [-0.2, 0) is 4.74 Å². The van der Waals surface area contributed by atoms with Crippen LogP contribution in [0.3, 0.4) is 0 Å². The van der Waals surface area contributed by atoms with E-state index in [0.29, 0.717) is 5.69 Å². The highest BCUT2D eigenvalue weighted by atomic mass is 32.1. The van der Waals surface area contributed by atoms with Crippen molar-refractivity contribution >= 4 is 23.1 Å². The zero-order chi connectivity index (χ0) is 15.9. The number of amides is 2.